The molecule has 0 radical (unpaired) electrons. The molecule has 0 aromatic rings. The average molecular weight is 229 g/mol. The van der Waals surface area contributed by atoms with E-state index in [1.165, 1.54) is 25.7 Å². The number of ether oxygens (including phenoxy) is 1. The van der Waals surface area contributed by atoms with E-state index >= 15 is 0 Å². The summed E-state index contributed by atoms with van der Waals surface area (Å²) in [6.45, 7) is 2.19. The first-order valence-electron chi connectivity index (χ1n) is 6.29. The highest BCUT2D eigenvalue weighted by molar-refractivity contribution is 5.81. The number of rotatable bonds is 9. The van der Waals surface area contributed by atoms with E-state index in [0.717, 1.165) is 12.8 Å². The number of nitrogens with two attached hydrogens (primary N) is 1. The second-order valence-corrected chi connectivity index (χ2v) is 4.55. The monoisotopic (exact) mass is 229 g/mol. The van der Waals surface area contributed by atoms with E-state index in [-0.39, 0.29) is 6.10 Å². The van der Waals surface area contributed by atoms with Crippen LogP contribution in [0.1, 0.15) is 51.9 Å². The van der Waals surface area contributed by atoms with E-state index in [2.05, 4.69) is 6.92 Å². The number of carbonyl (C=O) groups excluding carboxylic acids is 1. The van der Waals surface area contributed by atoms with Crippen LogP contribution in [0, 0.1) is 0 Å². The fourth-order valence-electron chi connectivity index (χ4n) is 1.94. The molecule has 0 aromatic heterocycles. The van der Waals surface area contributed by atoms with E-state index in [1.54, 1.807) is 0 Å². The Labute approximate surface area is 97.2 Å². The molecule has 1 aliphatic rings. The minimum Gasteiger partial charge on any atom is -0.390 e. The topological polar surface area (TPSA) is 75.8 Å². The number of unbranched alkanes of at least 4 members (excludes halogenated alkanes) is 5. The second kappa shape index (κ2) is 6.86. The molecule has 16 heavy (non-hydrogen) atoms. The third kappa shape index (κ3) is 4.49. The van der Waals surface area contributed by atoms with Crippen molar-refractivity contribution in [3.63, 3.8) is 0 Å². The summed E-state index contributed by atoms with van der Waals surface area (Å²) in [4.78, 5) is 10.7. The molecule has 0 bridgehead atoms. The van der Waals surface area contributed by atoms with Crippen LogP contribution in [0.3, 0.4) is 0 Å². The number of hydrogen-bond donors (Lipinski definition) is 2. The van der Waals surface area contributed by atoms with Gasteiger partial charge in [-0.25, -0.2) is 0 Å². The van der Waals surface area contributed by atoms with Gasteiger partial charge < -0.3 is 15.6 Å². The standard InChI is InChI=1S/C12H23NO3/c1-2-3-4-5-6-7-8-9(14)10-11(16-10)12(13)15/h9-11,14H,2-8H2,1H3,(H2,13,15)/t9?,10-,11-/m0/s1. The van der Waals surface area contributed by atoms with Gasteiger partial charge >= 0.3 is 0 Å². The van der Waals surface area contributed by atoms with Crippen molar-refractivity contribution in [1.82, 2.24) is 0 Å². The number of carbonyl (C=O) groups is 1. The van der Waals surface area contributed by atoms with Crippen LogP contribution >= 0.6 is 0 Å². The van der Waals surface area contributed by atoms with Crippen molar-refractivity contribution >= 4 is 5.91 Å². The van der Waals surface area contributed by atoms with Crippen LogP contribution in [0.4, 0.5) is 0 Å². The first-order valence-corrected chi connectivity index (χ1v) is 6.29. The molecule has 3 atom stereocenters. The lowest BCUT2D eigenvalue weighted by Crippen LogP contribution is -2.25. The first kappa shape index (κ1) is 13.5. The molecule has 4 nitrogen and oxygen atoms in total. The van der Waals surface area contributed by atoms with Crippen LogP contribution < -0.4 is 5.73 Å². The molecule has 0 spiro atoms. The maximum Gasteiger partial charge on any atom is 0.249 e. The second-order valence-electron chi connectivity index (χ2n) is 4.55. The van der Waals surface area contributed by atoms with Crippen LogP contribution in [0.25, 0.3) is 0 Å². The fourth-order valence-corrected chi connectivity index (χ4v) is 1.94. The lowest BCUT2D eigenvalue weighted by atomic mass is 10.0. The van der Waals surface area contributed by atoms with E-state index in [0.29, 0.717) is 6.42 Å². The fraction of sp³-hybridized carbons (Fsp3) is 0.917. The van der Waals surface area contributed by atoms with Gasteiger partial charge in [0.2, 0.25) is 5.91 Å². The highest BCUT2D eigenvalue weighted by Gasteiger charge is 2.48. The Bertz CT molecular complexity index is 220. The Hall–Kier alpha value is -0.610. The minimum atomic E-state index is -0.546. The quantitative estimate of drug-likeness (QED) is 0.463. The summed E-state index contributed by atoms with van der Waals surface area (Å²) in [7, 11) is 0. The van der Waals surface area contributed by atoms with Crippen LogP contribution in [0.2, 0.25) is 0 Å². The highest BCUT2D eigenvalue weighted by Crippen LogP contribution is 2.27. The molecule has 0 saturated carbocycles. The number of amides is 1. The molecular weight excluding hydrogens is 206 g/mol. The molecule has 1 saturated heterocycles. The summed E-state index contributed by atoms with van der Waals surface area (Å²) >= 11 is 0. The smallest absolute Gasteiger partial charge is 0.249 e. The van der Waals surface area contributed by atoms with Crippen LogP contribution in [0.5, 0.6) is 0 Å². The molecular formula is C12H23NO3. The molecule has 1 aliphatic heterocycles. The maximum atomic E-state index is 10.7. The molecule has 94 valence electrons. The lowest BCUT2D eigenvalue weighted by molar-refractivity contribution is -0.119. The van der Waals surface area contributed by atoms with Gasteiger partial charge in [0.1, 0.15) is 6.10 Å². The van der Waals surface area contributed by atoms with Gasteiger partial charge in [0.25, 0.3) is 0 Å². The molecule has 1 amide bonds. The minimum absolute atomic E-state index is 0.340. The zero-order chi connectivity index (χ0) is 12.0. The summed E-state index contributed by atoms with van der Waals surface area (Å²) in [5.41, 5.74) is 5.06. The largest absolute Gasteiger partial charge is 0.390 e. The van der Waals surface area contributed by atoms with Crippen LogP contribution in [-0.4, -0.2) is 29.3 Å². The van der Waals surface area contributed by atoms with Crippen LogP contribution in [0.15, 0.2) is 0 Å². The number of aliphatic hydroxyl groups is 1. The summed E-state index contributed by atoms with van der Waals surface area (Å²) in [6, 6.07) is 0. The van der Waals surface area contributed by atoms with E-state index in [1.807, 2.05) is 0 Å². The molecule has 1 fully saturated rings. The number of epoxide rings is 1. The Morgan fingerprint density at radius 1 is 1.31 bits per heavy atom. The molecule has 1 heterocycles. The summed E-state index contributed by atoms with van der Waals surface area (Å²) in [5, 5.41) is 9.68. The lowest BCUT2D eigenvalue weighted by Gasteiger charge is -2.06. The van der Waals surface area contributed by atoms with E-state index in [9.17, 15) is 9.90 Å². The van der Waals surface area contributed by atoms with Gasteiger partial charge in [-0.05, 0) is 6.42 Å². The molecule has 0 aliphatic carbocycles. The van der Waals surface area contributed by atoms with Gasteiger partial charge in [0.05, 0.1) is 6.10 Å². The Morgan fingerprint density at radius 3 is 2.50 bits per heavy atom. The predicted molar refractivity (Wildman–Crippen MR) is 61.9 cm³/mol. The summed E-state index contributed by atoms with van der Waals surface area (Å²) in [5.74, 6) is -0.466. The Balaban J connectivity index is 1.95. The number of hydrogen-bond acceptors (Lipinski definition) is 3. The van der Waals surface area contributed by atoms with Crippen molar-refractivity contribution in [2.24, 2.45) is 5.73 Å². The predicted octanol–water partition coefficient (Wildman–Crippen LogP) is 1.35. The summed E-state index contributed by atoms with van der Waals surface area (Å²) in [6.07, 6.45) is 6.48. The SMILES string of the molecule is CCCCCCCCC(O)[C@@H]1O[C@@H]1C(N)=O. The van der Waals surface area contributed by atoms with Gasteiger partial charge in [0.15, 0.2) is 6.10 Å². The van der Waals surface area contributed by atoms with Gasteiger partial charge in [-0.1, -0.05) is 45.4 Å². The number of aliphatic hydroxyl groups excluding tert-OH is 1. The van der Waals surface area contributed by atoms with Crippen molar-refractivity contribution in [1.29, 1.82) is 0 Å². The number of primary amides is 1. The molecule has 3 N–H and O–H groups in total. The average Bonchev–Trinajstić information content (AvgIpc) is 3.02. The third-order valence-corrected chi connectivity index (χ3v) is 3.04. The normalized spacial score (nSPS) is 25.4. The van der Waals surface area contributed by atoms with E-state index < -0.39 is 18.1 Å². The molecule has 1 rings (SSSR count). The maximum absolute atomic E-state index is 10.7. The van der Waals surface area contributed by atoms with Gasteiger partial charge in [-0.2, -0.15) is 0 Å². The van der Waals surface area contributed by atoms with Crippen molar-refractivity contribution in [3.8, 4) is 0 Å². The van der Waals surface area contributed by atoms with Gasteiger partial charge in [-0.3, -0.25) is 4.79 Å². The zero-order valence-corrected chi connectivity index (χ0v) is 10.0. The Morgan fingerprint density at radius 2 is 1.94 bits per heavy atom. The van der Waals surface area contributed by atoms with Crippen molar-refractivity contribution in [3.05, 3.63) is 0 Å². The molecule has 1 unspecified atom stereocenters. The van der Waals surface area contributed by atoms with Gasteiger partial charge in [-0.15, -0.1) is 0 Å². The summed E-state index contributed by atoms with van der Waals surface area (Å²) < 4.78 is 5.01. The van der Waals surface area contributed by atoms with Gasteiger partial charge in [0, 0.05) is 0 Å². The van der Waals surface area contributed by atoms with Crippen molar-refractivity contribution < 1.29 is 14.6 Å². The van der Waals surface area contributed by atoms with Crippen molar-refractivity contribution in [2.45, 2.75) is 70.2 Å². The van der Waals surface area contributed by atoms with E-state index in [4.69, 9.17) is 10.5 Å². The first-order chi connectivity index (χ1) is 7.66. The zero-order valence-electron chi connectivity index (χ0n) is 10.0. The van der Waals surface area contributed by atoms with Crippen LogP contribution in [-0.2, 0) is 9.53 Å². The third-order valence-electron chi connectivity index (χ3n) is 3.04. The van der Waals surface area contributed by atoms with Crippen molar-refractivity contribution in [2.75, 3.05) is 0 Å². The Kier molecular flexibility index (Phi) is 5.77. The molecule has 4 heteroatoms. The highest BCUT2D eigenvalue weighted by atomic mass is 16.6. The molecule has 0 aromatic carbocycles.